The van der Waals surface area contributed by atoms with Crippen molar-refractivity contribution in [1.29, 1.82) is 0 Å². The zero-order chi connectivity index (χ0) is 20.6. The molecule has 148 valence electrons. The van der Waals surface area contributed by atoms with E-state index in [0.29, 0.717) is 17.1 Å². The molecule has 0 fully saturated rings. The third-order valence-corrected chi connectivity index (χ3v) is 4.41. The Hall–Kier alpha value is -3.67. The average molecular weight is 390 g/mol. The van der Waals surface area contributed by atoms with Gasteiger partial charge >= 0.3 is 0 Å². The molecule has 0 atom stereocenters. The second kappa shape index (κ2) is 9.50. The van der Waals surface area contributed by atoms with E-state index in [0.717, 1.165) is 24.9 Å². The predicted octanol–water partition coefficient (Wildman–Crippen LogP) is 5.85. The number of nitrogens with one attached hydrogen (secondary N) is 1. The van der Waals surface area contributed by atoms with E-state index >= 15 is 0 Å². The van der Waals surface area contributed by atoms with E-state index in [1.807, 2.05) is 24.3 Å². The Balaban J connectivity index is 1.61. The van der Waals surface area contributed by atoms with Crippen LogP contribution in [0.1, 0.15) is 31.1 Å². The summed E-state index contributed by atoms with van der Waals surface area (Å²) >= 11 is 0. The fourth-order valence-electron chi connectivity index (χ4n) is 2.85. The number of furan rings is 1. The Morgan fingerprint density at radius 1 is 1.14 bits per heavy atom. The number of carbonyl (C=O) groups is 1. The van der Waals surface area contributed by atoms with Crippen molar-refractivity contribution in [3.8, 4) is 11.3 Å². The van der Waals surface area contributed by atoms with E-state index in [4.69, 9.17) is 4.42 Å². The van der Waals surface area contributed by atoms with Crippen LogP contribution in [-0.2, 0) is 11.2 Å². The number of hydrogen-bond donors (Lipinski definition) is 1. The topological polar surface area (TPSA) is 85.4 Å². The number of nitrogens with zero attached hydrogens (tertiary/aromatic N) is 1. The first kappa shape index (κ1) is 20.1. The van der Waals surface area contributed by atoms with Crippen LogP contribution < -0.4 is 5.32 Å². The highest BCUT2D eigenvalue weighted by molar-refractivity contribution is 6.01. The van der Waals surface area contributed by atoms with Crippen LogP contribution in [-0.4, -0.2) is 10.8 Å². The van der Waals surface area contributed by atoms with Gasteiger partial charge in [-0.2, -0.15) is 0 Å². The minimum Gasteiger partial charge on any atom is -0.457 e. The molecule has 3 rings (SSSR count). The van der Waals surface area contributed by atoms with E-state index in [1.165, 1.54) is 23.8 Å². The van der Waals surface area contributed by atoms with Gasteiger partial charge in [-0.25, -0.2) is 0 Å². The summed E-state index contributed by atoms with van der Waals surface area (Å²) in [6, 6.07) is 17.5. The molecule has 2 aromatic carbocycles. The van der Waals surface area contributed by atoms with Crippen LogP contribution in [0.4, 0.5) is 11.4 Å². The minimum atomic E-state index is -0.450. The highest BCUT2D eigenvalue weighted by Gasteiger charge is 2.09. The third-order valence-electron chi connectivity index (χ3n) is 4.41. The van der Waals surface area contributed by atoms with Crippen molar-refractivity contribution in [2.75, 3.05) is 5.32 Å². The number of amides is 1. The number of nitro benzene ring substituents is 1. The number of unbranched alkanes of at least 4 members (excludes halogenated alkanes) is 1. The van der Waals surface area contributed by atoms with Gasteiger partial charge in [-0.1, -0.05) is 37.6 Å². The van der Waals surface area contributed by atoms with Gasteiger partial charge in [-0.15, -0.1) is 0 Å². The summed E-state index contributed by atoms with van der Waals surface area (Å²) in [6.45, 7) is 2.16. The van der Waals surface area contributed by atoms with Gasteiger partial charge in [0.05, 0.1) is 4.92 Å². The summed E-state index contributed by atoms with van der Waals surface area (Å²) in [5.41, 5.74) is 2.59. The molecule has 0 aliphatic heterocycles. The van der Waals surface area contributed by atoms with Crippen molar-refractivity contribution < 1.29 is 14.1 Å². The monoisotopic (exact) mass is 390 g/mol. The molecule has 6 nitrogen and oxygen atoms in total. The quantitative estimate of drug-likeness (QED) is 0.297. The molecular formula is C23H22N2O4. The number of carbonyl (C=O) groups excluding carboxylic acids is 1. The van der Waals surface area contributed by atoms with Crippen LogP contribution in [0.3, 0.4) is 0 Å². The first-order chi connectivity index (χ1) is 14.0. The molecule has 0 saturated carbocycles. The molecule has 3 aromatic rings. The summed E-state index contributed by atoms with van der Waals surface area (Å²) in [6.07, 6.45) is 6.29. The Morgan fingerprint density at radius 2 is 1.93 bits per heavy atom. The first-order valence-electron chi connectivity index (χ1n) is 9.48. The number of anilines is 1. The van der Waals surface area contributed by atoms with Crippen LogP contribution in [0.2, 0.25) is 0 Å². The van der Waals surface area contributed by atoms with Gasteiger partial charge in [0, 0.05) is 29.5 Å². The Kier molecular flexibility index (Phi) is 6.58. The summed E-state index contributed by atoms with van der Waals surface area (Å²) in [4.78, 5) is 22.6. The highest BCUT2D eigenvalue weighted by Crippen LogP contribution is 2.26. The van der Waals surface area contributed by atoms with Crippen molar-refractivity contribution in [3.63, 3.8) is 0 Å². The maximum absolute atomic E-state index is 12.1. The molecule has 6 heteroatoms. The number of hydrogen-bond acceptors (Lipinski definition) is 4. The lowest BCUT2D eigenvalue weighted by atomic mass is 10.1. The molecule has 0 bridgehead atoms. The highest BCUT2D eigenvalue weighted by atomic mass is 16.6. The zero-order valence-corrected chi connectivity index (χ0v) is 16.1. The summed E-state index contributed by atoms with van der Waals surface area (Å²) in [5.74, 6) is 0.715. The molecule has 1 aromatic heterocycles. The van der Waals surface area contributed by atoms with Crippen molar-refractivity contribution in [1.82, 2.24) is 0 Å². The molecule has 1 N–H and O–H groups in total. The Bertz CT molecular complexity index is 1020. The number of rotatable bonds is 8. The van der Waals surface area contributed by atoms with Crippen molar-refractivity contribution in [2.24, 2.45) is 0 Å². The van der Waals surface area contributed by atoms with E-state index < -0.39 is 4.92 Å². The van der Waals surface area contributed by atoms with E-state index in [9.17, 15) is 14.9 Å². The average Bonchev–Trinajstić information content (AvgIpc) is 3.21. The second-order valence-corrected chi connectivity index (χ2v) is 6.63. The Morgan fingerprint density at radius 3 is 2.66 bits per heavy atom. The molecule has 0 aliphatic rings. The summed E-state index contributed by atoms with van der Waals surface area (Å²) < 4.78 is 5.67. The number of aryl methyl sites for hydroxylation is 1. The Labute approximate surface area is 169 Å². The van der Waals surface area contributed by atoms with Gasteiger partial charge in [0.25, 0.3) is 5.69 Å². The largest absolute Gasteiger partial charge is 0.457 e. The summed E-state index contributed by atoms with van der Waals surface area (Å²) in [5, 5.41) is 13.7. The molecular weight excluding hydrogens is 368 g/mol. The fourth-order valence-corrected chi connectivity index (χ4v) is 2.85. The number of non-ortho nitro benzene ring substituents is 1. The molecule has 0 saturated heterocycles. The third kappa shape index (κ3) is 5.65. The van der Waals surface area contributed by atoms with Crippen LogP contribution in [0.15, 0.2) is 71.2 Å². The molecule has 0 radical (unpaired) electrons. The molecule has 29 heavy (non-hydrogen) atoms. The normalized spacial score (nSPS) is 10.9. The van der Waals surface area contributed by atoms with Gasteiger partial charge in [0.1, 0.15) is 11.5 Å². The molecule has 0 aliphatic carbocycles. The maximum Gasteiger partial charge on any atom is 0.270 e. The molecule has 1 heterocycles. The lowest BCUT2D eigenvalue weighted by molar-refractivity contribution is -0.384. The smallest absolute Gasteiger partial charge is 0.270 e. The van der Waals surface area contributed by atoms with E-state index in [-0.39, 0.29) is 11.6 Å². The SMILES string of the molecule is CCCCc1ccc(NC(=O)C=Cc2ccc(-c3cccc([N+](=O)[O-])c3)o2)cc1. The maximum atomic E-state index is 12.1. The van der Waals surface area contributed by atoms with E-state index in [2.05, 4.69) is 12.2 Å². The zero-order valence-electron chi connectivity index (χ0n) is 16.1. The van der Waals surface area contributed by atoms with Crippen molar-refractivity contribution in [2.45, 2.75) is 26.2 Å². The first-order valence-corrected chi connectivity index (χ1v) is 9.48. The van der Waals surface area contributed by atoms with Gasteiger partial charge in [-0.05, 0) is 48.7 Å². The lowest BCUT2D eigenvalue weighted by Gasteiger charge is -2.04. The fraction of sp³-hybridized carbons (Fsp3) is 0.174. The standard InChI is InChI=1S/C23H22N2O4/c1-2-3-5-17-8-10-19(11-9-17)24-23(26)15-13-21-12-14-22(29-21)18-6-4-7-20(16-18)25(27)28/h4,6-16H,2-3,5H2,1H3,(H,24,26). The van der Waals surface area contributed by atoms with Crippen LogP contribution in [0.25, 0.3) is 17.4 Å². The number of nitro groups is 1. The molecule has 1 amide bonds. The van der Waals surface area contributed by atoms with E-state index in [1.54, 1.807) is 30.3 Å². The van der Waals surface area contributed by atoms with Crippen molar-refractivity contribution >= 4 is 23.4 Å². The van der Waals surface area contributed by atoms with Crippen LogP contribution in [0.5, 0.6) is 0 Å². The van der Waals surface area contributed by atoms with Gasteiger partial charge in [0.15, 0.2) is 0 Å². The summed E-state index contributed by atoms with van der Waals surface area (Å²) in [7, 11) is 0. The molecule has 0 spiro atoms. The van der Waals surface area contributed by atoms with Crippen LogP contribution in [0, 0.1) is 10.1 Å². The number of benzene rings is 2. The van der Waals surface area contributed by atoms with Gasteiger partial charge in [-0.3, -0.25) is 14.9 Å². The minimum absolute atomic E-state index is 0.00363. The second-order valence-electron chi connectivity index (χ2n) is 6.63. The lowest BCUT2D eigenvalue weighted by Crippen LogP contribution is -2.07. The predicted molar refractivity (Wildman–Crippen MR) is 114 cm³/mol. The van der Waals surface area contributed by atoms with Crippen molar-refractivity contribution in [3.05, 3.63) is 88.2 Å². The van der Waals surface area contributed by atoms with Crippen LogP contribution >= 0.6 is 0 Å². The molecule has 0 unspecified atom stereocenters. The van der Waals surface area contributed by atoms with Gasteiger partial charge < -0.3 is 9.73 Å². The van der Waals surface area contributed by atoms with Gasteiger partial charge in [0.2, 0.25) is 5.91 Å².